The number of hydrogen-bond acceptors (Lipinski definition) is 9. The van der Waals surface area contributed by atoms with E-state index in [1.54, 1.807) is 31.6 Å². The fraction of sp³-hybridized carbons (Fsp3) is 0.500. The standard InChI is InChI=1S/C26H32N4O5/c1-5-6-15-30-20(18-11-7-9-13-27-18)25(23(32)34-3)16-29(2)17-26(22(25)31,24(33)35-4)21(30)19-12-8-10-14-28-19/h7-14,20-21H,5-6,15-17H2,1-4H3. The first-order chi connectivity index (χ1) is 16.9. The molecule has 2 aromatic heterocycles. The number of likely N-dealkylation sites (tertiary alicyclic amines) is 2. The molecule has 2 aliphatic heterocycles. The first-order valence-corrected chi connectivity index (χ1v) is 11.9. The van der Waals surface area contributed by atoms with Crippen LogP contribution in [0.25, 0.3) is 0 Å². The van der Waals surface area contributed by atoms with Crippen LogP contribution in [0, 0.1) is 10.8 Å². The van der Waals surface area contributed by atoms with Crippen LogP contribution in [0.1, 0.15) is 43.2 Å². The quantitative estimate of drug-likeness (QED) is 0.436. The number of nitrogens with zero attached hydrogens (tertiary/aromatic N) is 4. The van der Waals surface area contributed by atoms with Gasteiger partial charge in [0, 0.05) is 25.5 Å². The molecule has 4 heterocycles. The molecule has 2 bridgehead atoms. The summed E-state index contributed by atoms with van der Waals surface area (Å²) >= 11 is 0. The maximum absolute atomic E-state index is 14.7. The minimum atomic E-state index is -1.68. The summed E-state index contributed by atoms with van der Waals surface area (Å²) in [5, 5.41) is 0. The Balaban J connectivity index is 2.10. The zero-order valence-electron chi connectivity index (χ0n) is 20.6. The molecule has 2 aliphatic rings. The van der Waals surface area contributed by atoms with Gasteiger partial charge in [-0.1, -0.05) is 25.5 Å². The minimum Gasteiger partial charge on any atom is -0.468 e. The number of ether oxygens (including phenoxy) is 2. The normalized spacial score (nSPS) is 29.0. The number of hydrogen-bond donors (Lipinski definition) is 0. The number of carbonyl (C=O) groups is 3. The van der Waals surface area contributed by atoms with Gasteiger partial charge in [-0.2, -0.15) is 0 Å². The van der Waals surface area contributed by atoms with Crippen molar-refractivity contribution in [1.82, 2.24) is 19.8 Å². The second kappa shape index (κ2) is 9.83. The first kappa shape index (κ1) is 24.9. The van der Waals surface area contributed by atoms with Crippen molar-refractivity contribution in [2.24, 2.45) is 10.8 Å². The van der Waals surface area contributed by atoms with Crippen molar-refractivity contribution in [3.8, 4) is 0 Å². The van der Waals surface area contributed by atoms with Crippen LogP contribution in [0.2, 0.25) is 0 Å². The Bertz CT molecular complexity index is 1000. The number of pyridine rings is 2. The van der Waals surface area contributed by atoms with Crippen LogP contribution in [0.4, 0.5) is 0 Å². The SMILES string of the molecule is CCCCN1C(c2ccccn2)C2(C(=O)OC)CN(C)CC(C(=O)OC)(C2=O)C1c1ccccn1. The van der Waals surface area contributed by atoms with Gasteiger partial charge in [0.1, 0.15) is 0 Å². The number of fused-ring (bicyclic) bond motifs is 2. The number of carbonyl (C=O) groups excluding carboxylic acids is 3. The lowest BCUT2D eigenvalue weighted by molar-refractivity contribution is -0.205. The van der Waals surface area contributed by atoms with Gasteiger partial charge in [-0.15, -0.1) is 0 Å². The lowest BCUT2D eigenvalue weighted by Crippen LogP contribution is -2.75. The summed E-state index contributed by atoms with van der Waals surface area (Å²) in [7, 11) is 4.35. The van der Waals surface area contributed by atoms with Gasteiger partial charge in [-0.05, 0) is 44.3 Å². The predicted molar refractivity (Wildman–Crippen MR) is 127 cm³/mol. The maximum atomic E-state index is 14.7. The molecule has 4 atom stereocenters. The fourth-order valence-corrected chi connectivity index (χ4v) is 6.01. The molecular formula is C26H32N4O5. The molecule has 0 saturated carbocycles. The Morgan fingerprint density at radius 1 is 0.943 bits per heavy atom. The summed E-state index contributed by atoms with van der Waals surface area (Å²) in [4.78, 5) is 55.1. The topological polar surface area (TPSA) is 102 Å². The van der Waals surface area contributed by atoms with Crippen LogP contribution in [0.15, 0.2) is 48.8 Å². The Morgan fingerprint density at radius 2 is 1.43 bits per heavy atom. The number of methoxy groups -OCH3 is 2. The molecular weight excluding hydrogens is 448 g/mol. The number of esters is 2. The molecule has 186 valence electrons. The molecule has 2 aromatic rings. The second-order valence-electron chi connectivity index (χ2n) is 9.33. The Kier molecular flexibility index (Phi) is 7.00. The predicted octanol–water partition coefficient (Wildman–Crippen LogP) is 2.21. The minimum absolute atomic E-state index is 0.0933. The molecule has 2 saturated heterocycles. The highest BCUT2D eigenvalue weighted by Gasteiger charge is 2.75. The van der Waals surface area contributed by atoms with Crippen molar-refractivity contribution in [3.05, 3.63) is 60.2 Å². The average molecular weight is 481 g/mol. The highest BCUT2D eigenvalue weighted by molar-refractivity contribution is 6.17. The number of piperidine rings is 2. The number of aromatic nitrogens is 2. The third kappa shape index (κ3) is 3.73. The van der Waals surface area contributed by atoms with Crippen LogP contribution >= 0.6 is 0 Å². The molecule has 0 N–H and O–H groups in total. The third-order valence-electron chi connectivity index (χ3n) is 7.25. The Labute approximate surface area is 205 Å². The second-order valence-corrected chi connectivity index (χ2v) is 9.33. The summed E-state index contributed by atoms with van der Waals surface area (Å²) < 4.78 is 10.6. The van der Waals surface area contributed by atoms with Crippen molar-refractivity contribution >= 4 is 17.7 Å². The highest BCUT2D eigenvalue weighted by atomic mass is 16.5. The summed E-state index contributed by atoms with van der Waals surface area (Å²) in [6.07, 6.45) is 4.95. The van der Waals surface area contributed by atoms with Gasteiger partial charge in [-0.3, -0.25) is 29.3 Å². The van der Waals surface area contributed by atoms with E-state index in [2.05, 4.69) is 21.8 Å². The van der Waals surface area contributed by atoms with Gasteiger partial charge in [0.15, 0.2) is 16.6 Å². The molecule has 2 fully saturated rings. The van der Waals surface area contributed by atoms with E-state index in [0.717, 1.165) is 12.8 Å². The Hall–Kier alpha value is -3.17. The zero-order valence-corrected chi connectivity index (χ0v) is 20.6. The van der Waals surface area contributed by atoms with Crippen molar-refractivity contribution in [1.29, 1.82) is 0 Å². The van der Waals surface area contributed by atoms with E-state index in [0.29, 0.717) is 17.9 Å². The van der Waals surface area contributed by atoms with Crippen LogP contribution in [0.5, 0.6) is 0 Å². The van der Waals surface area contributed by atoms with E-state index in [4.69, 9.17) is 9.47 Å². The summed E-state index contributed by atoms with van der Waals surface area (Å²) in [6.45, 7) is 2.78. The largest absolute Gasteiger partial charge is 0.468 e. The van der Waals surface area contributed by atoms with E-state index in [1.807, 2.05) is 29.2 Å². The molecule has 0 radical (unpaired) electrons. The van der Waals surface area contributed by atoms with E-state index in [9.17, 15) is 14.4 Å². The Morgan fingerprint density at radius 3 is 1.80 bits per heavy atom. The third-order valence-corrected chi connectivity index (χ3v) is 7.25. The van der Waals surface area contributed by atoms with Gasteiger partial charge in [0.2, 0.25) is 0 Å². The summed E-state index contributed by atoms with van der Waals surface area (Å²) in [5.74, 6) is -1.86. The van der Waals surface area contributed by atoms with Gasteiger partial charge in [0.05, 0.1) is 37.7 Å². The van der Waals surface area contributed by atoms with E-state index >= 15 is 0 Å². The smallest absolute Gasteiger partial charge is 0.322 e. The molecule has 0 spiro atoms. The molecule has 9 nitrogen and oxygen atoms in total. The summed E-state index contributed by atoms with van der Waals surface area (Å²) in [6, 6.07) is 9.36. The van der Waals surface area contributed by atoms with Gasteiger partial charge in [0.25, 0.3) is 0 Å². The van der Waals surface area contributed by atoms with Gasteiger partial charge < -0.3 is 14.4 Å². The van der Waals surface area contributed by atoms with E-state index < -0.39 is 40.6 Å². The highest BCUT2D eigenvalue weighted by Crippen LogP contribution is 2.60. The monoisotopic (exact) mass is 480 g/mol. The van der Waals surface area contributed by atoms with Gasteiger partial charge in [-0.25, -0.2) is 0 Å². The summed E-state index contributed by atoms with van der Waals surface area (Å²) in [5.41, 5.74) is -2.22. The molecule has 0 aliphatic carbocycles. The lowest BCUT2D eigenvalue weighted by atomic mass is 9.54. The van der Waals surface area contributed by atoms with Crippen LogP contribution in [-0.2, 0) is 23.9 Å². The molecule has 0 amide bonds. The van der Waals surface area contributed by atoms with E-state index in [-0.39, 0.29) is 13.1 Å². The van der Waals surface area contributed by atoms with Crippen molar-refractivity contribution in [2.45, 2.75) is 31.8 Å². The first-order valence-electron chi connectivity index (χ1n) is 11.9. The molecule has 4 unspecified atom stereocenters. The maximum Gasteiger partial charge on any atom is 0.322 e. The molecule has 9 heteroatoms. The van der Waals surface area contributed by atoms with Gasteiger partial charge >= 0.3 is 11.9 Å². The molecule has 0 aromatic carbocycles. The van der Waals surface area contributed by atoms with Crippen molar-refractivity contribution < 1.29 is 23.9 Å². The van der Waals surface area contributed by atoms with Crippen LogP contribution in [0.3, 0.4) is 0 Å². The van der Waals surface area contributed by atoms with Crippen molar-refractivity contribution in [3.63, 3.8) is 0 Å². The van der Waals surface area contributed by atoms with Crippen molar-refractivity contribution in [2.75, 3.05) is 40.9 Å². The zero-order chi connectivity index (χ0) is 25.2. The average Bonchev–Trinajstić information content (AvgIpc) is 2.88. The number of ketones is 1. The van der Waals surface area contributed by atoms with Crippen LogP contribution < -0.4 is 0 Å². The molecule has 4 rings (SSSR count). The lowest BCUT2D eigenvalue weighted by Gasteiger charge is -2.61. The fourth-order valence-electron chi connectivity index (χ4n) is 6.01. The molecule has 35 heavy (non-hydrogen) atoms. The number of rotatable bonds is 7. The van der Waals surface area contributed by atoms with Crippen LogP contribution in [-0.4, -0.2) is 78.4 Å². The van der Waals surface area contributed by atoms with E-state index in [1.165, 1.54) is 14.2 Å². The number of unbranched alkanes of at least 4 members (excludes halogenated alkanes) is 1. The number of Topliss-reactive ketones (excluding diaryl/α,β-unsaturated/α-hetero) is 1.